The van der Waals surface area contributed by atoms with Crippen LogP contribution < -0.4 is 4.74 Å². The van der Waals surface area contributed by atoms with Gasteiger partial charge < -0.3 is 4.74 Å². The lowest BCUT2D eigenvalue weighted by Crippen LogP contribution is -2.07. The first-order chi connectivity index (χ1) is 7.61. The van der Waals surface area contributed by atoms with E-state index in [9.17, 15) is 4.79 Å². The topological polar surface area (TPSA) is 26.3 Å². The molecule has 0 unspecified atom stereocenters. The third-order valence-corrected chi connectivity index (χ3v) is 2.46. The van der Waals surface area contributed by atoms with Gasteiger partial charge in [0.05, 0.1) is 0 Å². The van der Waals surface area contributed by atoms with Crippen molar-refractivity contribution in [3.8, 4) is 5.75 Å². The number of ether oxygens (including phenoxy) is 1. The van der Waals surface area contributed by atoms with Crippen molar-refractivity contribution in [3.63, 3.8) is 0 Å². The first-order valence-corrected chi connectivity index (χ1v) is 6.00. The van der Waals surface area contributed by atoms with Crippen LogP contribution in [0.15, 0.2) is 18.2 Å². The zero-order valence-corrected chi connectivity index (χ0v) is 10.5. The Kier molecular flexibility index (Phi) is 5.33. The smallest absolute Gasteiger partial charge is 0.311 e. The van der Waals surface area contributed by atoms with E-state index in [1.165, 1.54) is 0 Å². The van der Waals surface area contributed by atoms with E-state index in [2.05, 4.69) is 0 Å². The van der Waals surface area contributed by atoms with Gasteiger partial charge in [-0.15, -0.1) is 11.6 Å². The molecular weight excluding hydrogens is 224 g/mol. The summed E-state index contributed by atoms with van der Waals surface area (Å²) in [7, 11) is 0. The van der Waals surface area contributed by atoms with Crippen LogP contribution >= 0.6 is 11.6 Å². The second kappa shape index (κ2) is 6.54. The Morgan fingerprint density at radius 1 is 1.19 bits per heavy atom. The average molecular weight is 241 g/mol. The first kappa shape index (κ1) is 13.0. The van der Waals surface area contributed by atoms with Crippen molar-refractivity contribution in [1.82, 2.24) is 0 Å². The highest BCUT2D eigenvalue weighted by molar-refractivity contribution is 6.17. The highest BCUT2D eigenvalue weighted by atomic mass is 35.5. The van der Waals surface area contributed by atoms with Crippen LogP contribution in [0.25, 0.3) is 0 Å². The molecule has 0 fully saturated rings. The number of hydrogen-bond donors (Lipinski definition) is 0. The molecule has 1 aromatic rings. The SMILES string of the molecule is Cc1cc(C)cc(OC(=O)CCCCCl)c1. The van der Waals surface area contributed by atoms with Crippen molar-refractivity contribution in [3.05, 3.63) is 29.3 Å². The second-order valence-electron chi connectivity index (χ2n) is 3.94. The Morgan fingerprint density at radius 3 is 2.38 bits per heavy atom. The van der Waals surface area contributed by atoms with Crippen molar-refractivity contribution in [2.24, 2.45) is 0 Å². The Labute approximate surface area is 102 Å². The monoisotopic (exact) mass is 240 g/mol. The van der Waals surface area contributed by atoms with Crippen molar-refractivity contribution in [2.75, 3.05) is 5.88 Å². The normalized spacial score (nSPS) is 10.2. The van der Waals surface area contributed by atoms with E-state index in [-0.39, 0.29) is 5.97 Å². The van der Waals surface area contributed by atoms with Gasteiger partial charge in [-0.05, 0) is 49.9 Å². The van der Waals surface area contributed by atoms with Gasteiger partial charge >= 0.3 is 5.97 Å². The molecule has 0 saturated heterocycles. The van der Waals surface area contributed by atoms with Crippen LogP contribution in [0.1, 0.15) is 30.4 Å². The molecule has 88 valence electrons. The summed E-state index contributed by atoms with van der Waals surface area (Å²) < 4.78 is 5.24. The van der Waals surface area contributed by atoms with E-state index in [0.717, 1.165) is 24.0 Å². The molecule has 0 atom stereocenters. The van der Waals surface area contributed by atoms with Gasteiger partial charge in [-0.3, -0.25) is 4.79 Å². The quantitative estimate of drug-likeness (QED) is 0.340. The molecule has 1 rings (SSSR count). The van der Waals surface area contributed by atoms with Crippen molar-refractivity contribution >= 4 is 17.6 Å². The number of hydrogen-bond acceptors (Lipinski definition) is 2. The number of rotatable bonds is 5. The number of benzene rings is 1. The Bertz CT molecular complexity index is 341. The second-order valence-corrected chi connectivity index (χ2v) is 4.32. The van der Waals surface area contributed by atoms with E-state index in [0.29, 0.717) is 18.1 Å². The highest BCUT2D eigenvalue weighted by Crippen LogP contribution is 2.17. The zero-order chi connectivity index (χ0) is 12.0. The van der Waals surface area contributed by atoms with Gasteiger partial charge in [0.2, 0.25) is 0 Å². The number of carbonyl (C=O) groups excluding carboxylic acids is 1. The van der Waals surface area contributed by atoms with Crippen molar-refractivity contribution < 1.29 is 9.53 Å². The third-order valence-electron chi connectivity index (χ3n) is 2.19. The lowest BCUT2D eigenvalue weighted by molar-refractivity contribution is -0.134. The molecule has 0 aliphatic carbocycles. The molecule has 16 heavy (non-hydrogen) atoms. The highest BCUT2D eigenvalue weighted by Gasteiger charge is 2.05. The van der Waals surface area contributed by atoms with Crippen LogP contribution in [0, 0.1) is 13.8 Å². The molecule has 0 aliphatic heterocycles. The number of esters is 1. The lowest BCUT2D eigenvalue weighted by atomic mass is 10.1. The van der Waals surface area contributed by atoms with Gasteiger partial charge in [-0.2, -0.15) is 0 Å². The predicted octanol–water partition coefficient (Wildman–Crippen LogP) is 3.62. The summed E-state index contributed by atoms with van der Waals surface area (Å²) in [5.41, 5.74) is 2.20. The van der Waals surface area contributed by atoms with Crippen LogP contribution in [0.2, 0.25) is 0 Å². The number of aryl methyl sites for hydroxylation is 2. The molecular formula is C13H17ClO2. The molecule has 1 aromatic carbocycles. The van der Waals surface area contributed by atoms with E-state index < -0.39 is 0 Å². The fourth-order valence-electron chi connectivity index (χ4n) is 1.54. The molecule has 0 spiro atoms. The van der Waals surface area contributed by atoms with Gasteiger partial charge in [0.25, 0.3) is 0 Å². The summed E-state index contributed by atoms with van der Waals surface area (Å²) in [5, 5.41) is 0. The van der Waals surface area contributed by atoms with Crippen LogP contribution in [0.5, 0.6) is 5.75 Å². The molecule has 0 aliphatic rings. The van der Waals surface area contributed by atoms with Crippen molar-refractivity contribution in [2.45, 2.75) is 33.1 Å². The third kappa shape index (κ3) is 4.67. The van der Waals surface area contributed by atoms with Gasteiger partial charge in [0, 0.05) is 12.3 Å². The maximum absolute atomic E-state index is 11.4. The molecule has 0 saturated carbocycles. The Balaban J connectivity index is 2.49. The largest absolute Gasteiger partial charge is 0.427 e. The molecule has 0 amide bonds. The zero-order valence-electron chi connectivity index (χ0n) is 9.75. The molecule has 0 heterocycles. The average Bonchev–Trinajstić information content (AvgIpc) is 2.16. The fourth-order valence-corrected chi connectivity index (χ4v) is 1.73. The number of carbonyl (C=O) groups is 1. The molecule has 2 nitrogen and oxygen atoms in total. The summed E-state index contributed by atoms with van der Waals surface area (Å²) in [5.74, 6) is 1.04. The number of halogens is 1. The van der Waals surface area contributed by atoms with Crippen molar-refractivity contribution in [1.29, 1.82) is 0 Å². The molecule has 0 radical (unpaired) electrons. The van der Waals surface area contributed by atoms with Crippen LogP contribution in [-0.4, -0.2) is 11.8 Å². The van der Waals surface area contributed by atoms with Gasteiger partial charge in [0.1, 0.15) is 5.75 Å². The standard InChI is InChI=1S/C13H17ClO2/c1-10-7-11(2)9-12(8-10)16-13(15)5-3-4-6-14/h7-9H,3-6H2,1-2H3. The van der Waals surface area contributed by atoms with E-state index in [4.69, 9.17) is 16.3 Å². The maximum Gasteiger partial charge on any atom is 0.311 e. The van der Waals surface area contributed by atoms with Gasteiger partial charge in [0.15, 0.2) is 0 Å². The van der Waals surface area contributed by atoms with Crippen LogP contribution in [0.4, 0.5) is 0 Å². The number of unbranched alkanes of at least 4 members (excludes halogenated alkanes) is 1. The summed E-state index contributed by atoms with van der Waals surface area (Å²) >= 11 is 5.53. The molecule has 0 bridgehead atoms. The Hall–Kier alpha value is -1.02. The van der Waals surface area contributed by atoms with E-state index in [1.807, 2.05) is 32.0 Å². The summed E-state index contributed by atoms with van der Waals surface area (Å²) in [6.45, 7) is 3.97. The minimum atomic E-state index is -0.185. The van der Waals surface area contributed by atoms with E-state index >= 15 is 0 Å². The minimum absolute atomic E-state index is 0.185. The predicted molar refractivity (Wildman–Crippen MR) is 66.1 cm³/mol. The summed E-state index contributed by atoms with van der Waals surface area (Å²) in [4.78, 5) is 11.4. The van der Waals surface area contributed by atoms with Gasteiger partial charge in [-0.25, -0.2) is 0 Å². The molecule has 3 heteroatoms. The first-order valence-electron chi connectivity index (χ1n) is 5.47. The summed E-state index contributed by atoms with van der Waals surface area (Å²) in [6.07, 6.45) is 2.07. The lowest BCUT2D eigenvalue weighted by Gasteiger charge is -2.06. The summed E-state index contributed by atoms with van der Waals surface area (Å²) in [6, 6.07) is 5.78. The minimum Gasteiger partial charge on any atom is -0.427 e. The van der Waals surface area contributed by atoms with Gasteiger partial charge in [-0.1, -0.05) is 6.07 Å². The molecule has 0 N–H and O–H groups in total. The van der Waals surface area contributed by atoms with Crippen LogP contribution in [0.3, 0.4) is 0 Å². The fraction of sp³-hybridized carbons (Fsp3) is 0.462. The van der Waals surface area contributed by atoms with Crippen LogP contribution in [-0.2, 0) is 4.79 Å². The number of alkyl halides is 1. The maximum atomic E-state index is 11.4. The van der Waals surface area contributed by atoms with E-state index in [1.54, 1.807) is 0 Å². The Morgan fingerprint density at radius 2 is 1.81 bits per heavy atom. The molecule has 0 aromatic heterocycles.